The van der Waals surface area contributed by atoms with Gasteiger partial charge in [0.2, 0.25) is 0 Å². The zero-order valence-corrected chi connectivity index (χ0v) is 24.3. The van der Waals surface area contributed by atoms with E-state index in [0.717, 1.165) is 34.2 Å². The fourth-order valence-corrected chi connectivity index (χ4v) is 5.58. The van der Waals surface area contributed by atoms with Gasteiger partial charge in [0.1, 0.15) is 0 Å². The standard InChI is InChI=1S/C28H18N2.C5H2O3.Po/c1-15-7-3-13-21-19-11-5-9-17-18-10-6-12-20-22-14-4-8-16(2)26(22)30-28(24(18)20)27(23(17)19)29-25(15)21;6-4-2-1-3-5(7)8-4;/h3-14H,1-2H3;2-3H;. The SMILES string of the molecule is Cc1cccc2c1nc1c3nc4c(C)cccc4c4cccc(c5cccc2c51)c43.O=C1C=C=CC(=O)O1.[Po]. The molecule has 8 rings (SSSR count). The van der Waals surface area contributed by atoms with Crippen molar-refractivity contribution in [2.45, 2.75) is 13.8 Å². The van der Waals surface area contributed by atoms with Gasteiger partial charge in [-0.2, -0.15) is 0 Å². The van der Waals surface area contributed by atoms with Crippen LogP contribution in [-0.4, -0.2) is 48.5 Å². The van der Waals surface area contributed by atoms with Crippen LogP contribution >= 0.6 is 0 Å². The van der Waals surface area contributed by atoms with Crippen molar-refractivity contribution in [3.05, 3.63) is 102 Å². The number of carbonyl (C=O) groups is 2. The van der Waals surface area contributed by atoms with Crippen LogP contribution in [0.2, 0.25) is 0 Å². The molecule has 0 unspecified atom stereocenters. The van der Waals surface area contributed by atoms with Crippen molar-refractivity contribution < 1.29 is 14.3 Å². The van der Waals surface area contributed by atoms with Gasteiger partial charge in [0.15, 0.2) is 0 Å². The van der Waals surface area contributed by atoms with Gasteiger partial charge >= 0.3 is 11.9 Å². The number of benzene rings is 5. The van der Waals surface area contributed by atoms with E-state index in [0.29, 0.717) is 0 Å². The molecule has 0 fully saturated rings. The van der Waals surface area contributed by atoms with Crippen molar-refractivity contribution in [3.8, 4) is 0 Å². The first kappa shape index (κ1) is 25.1. The summed E-state index contributed by atoms with van der Waals surface area (Å²) in [6, 6.07) is 26.2. The molecule has 0 atom stereocenters. The van der Waals surface area contributed by atoms with Gasteiger partial charge in [0, 0.05) is 48.1 Å². The van der Waals surface area contributed by atoms with Gasteiger partial charge in [-0.1, -0.05) is 72.8 Å². The molecule has 5 aromatic carbocycles. The van der Waals surface area contributed by atoms with Crippen LogP contribution < -0.4 is 0 Å². The number of nitrogens with zero attached hydrogens (tertiary/aromatic N) is 2. The summed E-state index contributed by atoms with van der Waals surface area (Å²) in [5.41, 5.74) is 8.86. The van der Waals surface area contributed by atoms with Gasteiger partial charge in [0.25, 0.3) is 0 Å². The molecule has 5 nitrogen and oxygen atoms in total. The predicted molar refractivity (Wildman–Crippen MR) is 157 cm³/mol. The molecule has 0 saturated heterocycles. The van der Waals surface area contributed by atoms with Gasteiger partial charge in [-0.05, 0) is 46.5 Å². The first-order chi connectivity index (χ1) is 18.5. The van der Waals surface area contributed by atoms with E-state index in [1.807, 2.05) is 0 Å². The van der Waals surface area contributed by atoms with Crippen LogP contribution in [0.4, 0.5) is 0 Å². The first-order valence-corrected chi connectivity index (χ1v) is 12.3. The fraction of sp³-hybridized carbons (Fsp3) is 0.0606. The second kappa shape index (κ2) is 9.51. The van der Waals surface area contributed by atoms with E-state index in [-0.39, 0.29) is 26.6 Å². The minimum absolute atomic E-state index is 0. The summed E-state index contributed by atoms with van der Waals surface area (Å²) in [6.07, 6.45) is 2.11. The van der Waals surface area contributed by atoms with E-state index in [1.165, 1.54) is 54.2 Å². The summed E-state index contributed by atoms with van der Waals surface area (Å²) >= 11 is 0. The summed E-state index contributed by atoms with van der Waals surface area (Å²) in [5.74, 6) is -1.31. The second-order valence-corrected chi connectivity index (χ2v) is 9.51. The van der Waals surface area contributed by atoms with Gasteiger partial charge in [-0.3, -0.25) is 0 Å². The number of rotatable bonds is 0. The molecule has 0 saturated carbocycles. The van der Waals surface area contributed by atoms with Gasteiger partial charge in [-0.15, -0.1) is 5.73 Å². The maximum Gasteiger partial charge on any atom is 0.346 e. The molecule has 2 radical (unpaired) electrons. The Labute approximate surface area is 242 Å². The third-order valence-corrected chi connectivity index (χ3v) is 7.22. The Morgan fingerprint density at radius 3 is 1.28 bits per heavy atom. The van der Waals surface area contributed by atoms with Crippen molar-refractivity contribution in [2.24, 2.45) is 0 Å². The Bertz CT molecular complexity index is 2060. The number of hydrogen-bond donors (Lipinski definition) is 0. The van der Waals surface area contributed by atoms with Gasteiger partial charge in [0.05, 0.1) is 34.2 Å². The third kappa shape index (κ3) is 3.88. The zero-order valence-electron chi connectivity index (χ0n) is 21.1. The molecule has 0 aliphatic carbocycles. The van der Waals surface area contributed by atoms with Crippen LogP contribution in [0, 0.1) is 13.8 Å². The smallest absolute Gasteiger partial charge is 0.346 e. The van der Waals surface area contributed by atoms with Crippen LogP contribution in [0.25, 0.3) is 65.2 Å². The maximum absolute atomic E-state index is 10.1. The van der Waals surface area contributed by atoms with E-state index in [9.17, 15) is 9.59 Å². The van der Waals surface area contributed by atoms with Crippen molar-refractivity contribution >= 4 is 104 Å². The molecule has 0 amide bonds. The van der Waals surface area contributed by atoms with Gasteiger partial charge < -0.3 is 4.74 Å². The number of pyridine rings is 2. The Hall–Kier alpha value is -4.22. The number of esters is 2. The predicted octanol–water partition coefficient (Wildman–Crippen LogP) is 6.85. The molecule has 0 spiro atoms. The fourth-order valence-electron chi connectivity index (χ4n) is 5.58. The van der Waals surface area contributed by atoms with Crippen molar-refractivity contribution in [1.29, 1.82) is 0 Å². The number of fused-ring (bicyclic) bond motifs is 6. The second-order valence-electron chi connectivity index (χ2n) is 9.51. The number of ether oxygens (including phenoxy) is 1. The van der Waals surface area contributed by atoms with Crippen LogP contribution in [0.15, 0.2) is 90.7 Å². The number of para-hydroxylation sites is 2. The number of aryl methyl sites for hydroxylation is 2. The topological polar surface area (TPSA) is 69.2 Å². The molecule has 186 valence electrons. The molecular formula is C33H20N2O3Po. The molecule has 3 heterocycles. The summed E-state index contributed by atoms with van der Waals surface area (Å²) in [7, 11) is 0. The van der Waals surface area contributed by atoms with E-state index in [1.54, 1.807) is 0 Å². The molecule has 7 aromatic rings. The number of hydrogen-bond acceptors (Lipinski definition) is 5. The third-order valence-electron chi connectivity index (χ3n) is 7.22. The average molecular weight is 702 g/mol. The normalized spacial score (nSPS) is 12.9. The summed E-state index contributed by atoms with van der Waals surface area (Å²) in [4.78, 5) is 30.6. The monoisotopic (exact) mass is 701 g/mol. The Morgan fingerprint density at radius 1 is 0.538 bits per heavy atom. The van der Waals surface area contributed by atoms with Crippen LogP contribution in [0.3, 0.4) is 0 Å². The molecule has 6 heteroatoms. The molecular weight excluding hydrogens is 681 g/mol. The summed E-state index contributed by atoms with van der Waals surface area (Å²) < 4.78 is 4.03. The Balaban J connectivity index is 0.000000268. The average Bonchev–Trinajstić information content (AvgIpc) is 2.92. The minimum Gasteiger partial charge on any atom is -0.386 e. The van der Waals surface area contributed by atoms with Crippen molar-refractivity contribution in [1.82, 2.24) is 9.97 Å². The van der Waals surface area contributed by atoms with Crippen LogP contribution in [-0.2, 0) is 14.3 Å². The molecule has 2 aromatic heterocycles. The largest absolute Gasteiger partial charge is 0.386 e. The van der Waals surface area contributed by atoms with Crippen molar-refractivity contribution in [2.75, 3.05) is 0 Å². The van der Waals surface area contributed by atoms with Crippen LogP contribution in [0.5, 0.6) is 0 Å². The maximum atomic E-state index is 10.1. The number of carbonyl (C=O) groups excluding carboxylic acids is 2. The molecule has 1 aliphatic rings. The number of aromatic nitrogens is 2. The van der Waals surface area contributed by atoms with Gasteiger partial charge in [-0.25, -0.2) is 19.6 Å². The summed E-state index contributed by atoms with van der Waals surface area (Å²) in [6.45, 7) is 4.28. The minimum atomic E-state index is -0.655. The van der Waals surface area contributed by atoms with Crippen LogP contribution in [0.1, 0.15) is 11.1 Å². The molecule has 0 bridgehead atoms. The van der Waals surface area contributed by atoms with E-state index < -0.39 is 11.9 Å². The molecule has 39 heavy (non-hydrogen) atoms. The zero-order chi connectivity index (χ0) is 26.0. The molecule has 1 aliphatic heterocycles. The van der Waals surface area contributed by atoms with E-state index in [4.69, 9.17) is 9.97 Å². The quantitative estimate of drug-likeness (QED) is 0.0569. The van der Waals surface area contributed by atoms with E-state index >= 15 is 0 Å². The summed E-state index contributed by atoms with van der Waals surface area (Å²) in [5, 5.41) is 9.88. The Morgan fingerprint density at radius 2 is 0.897 bits per heavy atom. The van der Waals surface area contributed by atoms with Crippen molar-refractivity contribution in [3.63, 3.8) is 0 Å². The first-order valence-electron chi connectivity index (χ1n) is 12.3. The molecule has 0 N–H and O–H groups in total. The number of cyclic esters (lactones) is 2. The van der Waals surface area contributed by atoms with E-state index in [2.05, 4.69) is 97.1 Å². The Kier molecular flexibility index (Phi) is 6.11.